The van der Waals surface area contributed by atoms with Gasteiger partial charge in [-0.3, -0.25) is 9.11 Å². The molecule has 20 heavy (non-hydrogen) atoms. The van der Waals surface area contributed by atoms with Gasteiger partial charge in [-0.05, 0) is 12.1 Å². The second-order valence-electron chi connectivity index (χ2n) is 3.85. The summed E-state index contributed by atoms with van der Waals surface area (Å²) in [4.78, 5) is 0. The van der Waals surface area contributed by atoms with E-state index >= 15 is 0 Å². The summed E-state index contributed by atoms with van der Waals surface area (Å²) >= 11 is 0. The van der Waals surface area contributed by atoms with Crippen LogP contribution in [0.5, 0.6) is 11.5 Å². The van der Waals surface area contributed by atoms with Crippen molar-refractivity contribution >= 4 is 20.2 Å². The zero-order chi connectivity index (χ0) is 15.4. The molecule has 0 saturated carbocycles. The molecule has 0 bridgehead atoms. The van der Waals surface area contributed by atoms with Crippen molar-refractivity contribution in [3.8, 4) is 11.5 Å². The summed E-state index contributed by atoms with van der Waals surface area (Å²) in [6, 6.07) is 6.29. The molecule has 0 spiro atoms. The van der Waals surface area contributed by atoms with Crippen molar-refractivity contribution in [1.82, 2.24) is 0 Å². The van der Waals surface area contributed by atoms with Crippen LogP contribution in [0.15, 0.2) is 24.3 Å². The molecule has 0 heterocycles. The van der Waals surface area contributed by atoms with Gasteiger partial charge < -0.3 is 9.47 Å². The molecule has 10 heteroatoms. The third-order valence-electron chi connectivity index (χ3n) is 2.31. The fourth-order valence-electron chi connectivity index (χ4n) is 1.38. The van der Waals surface area contributed by atoms with E-state index < -0.39 is 37.8 Å². The Morgan fingerprint density at radius 2 is 1.65 bits per heavy atom. The van der Waals surface area contributed by atoms with E-state index in [9.17, 15) is 16.8 Å². The van der Waals surface area contributed by atoms with Gasteiger partial charge in [0.1, 0.15) is 11.9 Å². The Hall–Kier alpha value is -1.36. The monoisotopic (exact) mass is 326 g/mol. The predicted octanol–water partition coefficient (Wildman–Crippen LogP) is 0.218. The summed E-state index contributed by atoms with van der Waals surface area (Å²) in [5.74, 6) is -0.673. The van der Waals surface area contributed by atoms with Crippen LogP contribution >= 0.6 is 0 Å². The zero-order valence-corrected chi connectivity index (χ0v) is 12.1. The first-order valence-corrected chi connectivity index (χ1v) is 8.42. The number of methoxy groups -OCH3 is 1. The Bertz CT molecular complexity index is 650. The lowest BCUT2D eigenvalue weighted by Gasteiger charge is -2.15. The normalized spacial score (nSPS) is 13.8. The number of para-hydroxylation sites is 2. The highest BCUT2D eigenvalue weighted by Gasteiger charge is 2.29. The number of rotatable bonds is 7. The van der Waals surface area contributed by atoms with Gasteiger partial charge in [-0.2, -0.15) is 16.8 Å². The molecule has 1 aromatic carbocycles. The quantitative estimate of drug-likeness (QED) is 0.681. The van der Waals surface area contributed by atoms with Gasteiger partial charge in [0.2, 0.25) is 0 Å². The highest BCUT2D eigenvalue weighted by atomic mass is 32.2. The molecule has 0 aliphatic heterocycles. The lowest BCUT2D eigenvalue weighted by molar-refractivity contribution is 0.289. The Morgan fingerprint density at radius 3 is 2.10 bits per heavy atom. The summed E-state index contributed by atoms with van der Waals surface area (Å²) in [6.45, 7) is -0.654. The van der Waals surface area contributed by atoms with E-state index in [1.54, 1.807) is 18.2 Å². The maximum absolute atomic E-state index is 11.1. The maximum Gasteiger partial charge on any atom is 0.272 e. The lowest BCUT2D eigenvalue weighted by Crippen LogP contribution is -2.34. The van der Waals surface area contributed by atoms with Gasteiger partial charge in [-0.15, -0.1) is 0 Å². The molecule has 0 radical (unpaired) electrons. The Balaban J connectivity index is 2.87. The summed E-state index contributed by atoms with van der Waals surface area (Å²) < 4.78 is 71.2. The van der Waals surface area contributed by atoms with Crippen molar-refractivity contribution in [1.29, 1.82) is 0 Å². The largest absolute Gasteiger partial charge is 0.493 e. The third-order valence-corrected chi connectivity index (χ3v) is 4.49. The first kappa shape index (κ1) is 16.7. The second kappa shape index (κ2) is 6.39. The Labute approximate surface area is 116 Å². The molecule has 8 nitrogen and oxygen atoms in total. The van der Waals surface area contributed by atoms with Crippen LogP contribution in [0.1, 0.15) is 0 Å². The third kappa shape index (κ3) is 5.33. The number of hydrogen-bond acceptors (Lipinski definition) is 6. The molecule has 0 aromatic heterocycles. The van der Waals surface area contributed by atoms with Crippen LogP contribution in [-0.2, 0) is 20.2 Å². The van der Waals surface area contributed by atoms with Crippen LogP contribution in [0.3, 0.4) is 0 Å². The van der Waals surface area contributed by atoms with Crippen molar-refractivity contribution in [2.24, 2.45) is 0 Å². The van der Waals surface area contributed by atoms with Crippen molar-refractivity contribution in [3.63, 3.8) is 0 Å². The molecule has 1 atom stereocenters. The Morgan fingerprint density at radius 1 is 1.10 bits per heavy atom. The smallest absolute Gasteiger partial charge is 0.272 e. The van der Waals surface area contributed by atoms with Crippen molar-refractivity contribution in [2.75, 3.05) is 19.5 Å². The Kier molecular flexibility index (Phi) is 5.34. The minimum absolute atomic E-state index is 0.180. The van der Waals surface area contributed by atoms with Gasteiger partial charge in [0, 0.05) is 0 Å². The van der Waals surface area contributed by atoms with Gasteiger partial charge in [0.25, 0.3) is 20.2 Å². The first-order valence-electron chi connectivity index (χ1n) is 5.31. The van der Waals surface area contributed by atoms with Crippen molar-refractivity contribution in [2.45, 2.75) is 5.25 Å². The van der Waals surface area contributed by atoms with Gasteiger partial charge >= 0.3 is 0 Å². The highest BCUT2D eigenvalue weighted by Crippen LogP contribution is 2.26. The van der Waals surface area contributed by atoms with Crippen molar-refractivity contribution in [3.05, 3.63) is 24.3 Å². The molecule has 2 N–H and O–H groups in total. The van der Waals surface area contributed by atoms with E-state index in [-0.39, 0.29) is 5.75 Å². The minimum Gasteiger partial charge on any atom is -0.493 e. The first-order chi connectivity index (χ1) is 9.13. The molecule has 0 fully saturated rings. The average Bonchev–Trinajstić information content (AvgIpc) is 2.32. The molecular weight excluding hydrogens is 312 g/mol. The highest BCUT2D eigenvalue weighted by molar-refractivity contribution is 7.90. The van der Waals surface area contributed by atoms with Crippen LogP contribution in [0.25, 0.3) is 0 Å². The lowest BCUT2D eigenvalue weighted by atomic mass is 10.3. The van der Waals surface area contributed by atoms with Crippen LogP contribution in [0, 0.1) is 0 Å². The topological polar surface area (TPSA) is 127 Å². The number of benzene rings is 1. The minimum atomic E-state index is -4.69. The van der Waals surface area contributed by atoms with E-state index in [1.807, 2.05) is 0 Å². The van der Waals surface area contributed by atoms with Crippen LogP contribution < -0.4 is 9.47 Å². The van der Waals surface area contributed by atoms with Crippen LogP contribution in [-0.4, -0.2) is 50.7 Å². The number of hydrogen-bond donors (Lipinski definition) is 2. The van der Waals surface area contributed by atoms with Crippen LogP contribution in [0.4, 0.5) is 0 Å². The summed E-state index contributed by atoms with van der Waals surface area (Å²) in [6.07, 6.45) is 0. The van der Waals surface area contributed by atoms with E-state index in [2.05, 4.69) is 0 Å². The predicted molar refractivity (Wildman–Crippen MR) is 70.2 cm³/mol. The molecule has 0 saturated heterocycles. The molecule has 1 unspecified atom stereocenters. The molecular formula is C10H14O8S2. The van der Waals surface area contributed by atoms with E-state index in [0.29, 0.717) is 5.75 Å². The molecule has 0 aliphatic rings. The summed E-state index contributed by atoms with van der Waals surface area (Å²) in [7, 11) is -7.89. The molecule has 0 aliphatic carbocycles. The SMILES string of the molecule is COc1ccccc1OCC(CS(=O)(=O)O)S(=O)(=O)O. The van der Waals surface area contributed by atoms with E-state index in [1.165, 1.54) is 13.2 Å². The second-order valence-corrected chi connectivity index (χ2v) is 7.04. The van der Waals surface area contributed by atoms with Crippen LogP contribution in [0.2, 0.25) is 0 Å². The molecule has 0 amide bonds. The van der Waals surface area contributed by atoms with E-state index in [4.69, 9.17) is 18.6 Å². The molecule has 1 rings (SSSR count). The maximum atomic E-state index is 11.1. The summed E-state index contributed by atoms with van der Waals surface area (Å²) in [5.41, 5.74) is 0. The standard InChI is InChI=1S/C10H14O8S2/c1-17-9-4-2-3-5-10(9)18-6-8(20(14,15)16)7-19(11,12)13/h2-5,8H,6-7H2,1H3,(H,11,12,13)(H,14,15,16). The van der Waals surface area contributed by atoms with Gasteiger partial charge in [0.05, 0.1) is 12.9 Å². The molecule has 1 aromatic rings. The summed E-state index contributed by atoms with van der Waals surface area (Å²) in [5, 5.41) is -1.80. The zero-order valence-electron chi connectivity index (χ0n) is 10.5. The average molecular weight is 326 g/mol. The van der Waals surface area contributed by atoms with E-state index in [0.717, 1.165) is 0 Å². The van der Waals surface area contributed by atoms with Gasteiger partial charge in [-0.1, -0.05) is 12.1 Å². The van der Waals surface area contributed by atoms with Gasteiger partial charge in [0.15, 0.2) is 11.5 Å². The fourth-order valence-corrected chi connectivity index (χ4v) is 3.39. The number of ether oxygens (including phenoxy) is 2. The fraction of sp³-hybridized carbons (Fsp3) is 0.400. The van der Waals surface area contributed by atoms with Gasteiger partial charge in [-0.25, -0.2) is 0 Å². The molecule has 114 valence electrons. The van der Waals surface area contributed by atoms with Crippen molar-refractivity contribution < 1.29 is 35.4 Å².